The quantitative estimate of drug-likeness (QED) is 0.386. The number of rotatable bonds is 6. The Morgan fingerprint density at radius 2 is 1.86 bits per heavy atom. The van der Waals surface area contributed by atoms with Crippen LogP contribution in [0, 0.1) is 15.9 Å². The number of amides is 1. The molecule has 0 aliphatic heterocycles. The number of carbonyl (C=O) groups excluding carboxylic acids is 2. The van der Waals surface area contributed by atoms with E-state index in [1.165, 1.54) is 13.0 Å². The predicted octanol–water partition coefficient (Wildman–Crippen LogP) is 4.00. The number of benzene rings is 3. The van der Waals surface area contributed by atoms with Gasteiger partial charge in [-0.2, -0.15) is 4.39 Å². The molecule has 0 saturated heterocycles. The molecule has 1 atom stereocenters. The molecule has 0 unspecified atom stereocenters. The first-order valence-electron chi connectivity index (χ1n) is 8.76. The van der Waals surface area contributed by atoms with Gasteiger partial charge in [0.1, 0.15) is 0 Å². The zero-order valence-electron chi connectivity index (χ0n) is 15.4. The Labute approximate surface area is 165 Å². The number of halogens is 1. The van der Waals surface area contributed by atoms with Gasteiger partial charge in [-0.1, -0.05) is 42.5 Å². The van der Waals surface area contributed by atoms with E-state index in [0.717, 1.165) is 28.5 Å². The number of nitrogens with zero attached hydrogens (tertiary/aromatic N) is 1. The summed E-state index contributed by atoms with van der Waals surface area (Å²) in [5.74, 6) is -2.28. The van der Waals surface area contributed by atoms with Crippen LogP contribution >= 0.6 is 0 Å². The maximum Gasteiger partial charge on any atom is 0.311 e. The zero-order valence-corrected chi connectivity index (χ0v) is 15.4. The average Bonchev–Trinajstić information content (AvgIpc) is 2.69. The van der Waals surface area contributed by atoms with Crippen LogP contribution in [-0.4, -0.2) is 22.9 Å². The number of esters is 1. The fourth-order valence-corrected chi connectivity index (χ4v) is 2.87. The highest BCUT2D eigenvalue weighted by Crippen LogP contribution is 2.22. The van der Waals surface area contributed by atoms with Gasteiger partial charge in [-0.3, -0.25) is 19.7 Å². The molecular weight excluding hydrogens is 379 g/mol. The van der Waals surface area contributed by atoms with E-state index in [2.05, 4.69) is 5.32 Å². The molecule has 1 amide bonds. The van der Waals surface area contributed by atoms with Crippen molar-refractivity contribution in [3.8, 4) is 0 Å². The normalized spacial score (nSPS) is 11.7. The standard InChI is InChI=1S/C21H17FN2O5/c1-13(21(26)23-16-9-10-18(22)19(12-16)24(27)28)29-20(25)11-15-7-4-6-14-5-2-3-8-17(14)15/h2-10,12-13H,11H2,1H3,(H,23,26)/t13-/m0/s1. The molecule has 29 heavy (non-hydrogen) atoms. The summed E-state index contributed by atoms with van der Waals surface area (Å²) >= 11 is 0. The van der Waals surface area contributed by atoms with Gasteiger partial charge < -0.3 is 10.1 Å². The summed E-state index contributed by atoms with van der Waals surface area (Å²) in [5.41, 5.74) is 0.0401. The van der Waals surface area contributed by atoms with E-state index in [4.69, 9.17) is 4.74 Å². The van der Waals surface area contributed by atoms with Crippen LogP contribution in [0.15, 0.2) is 60.7 Å². The van der Waals surface area contributed by atoms with E-state index in [-0.39, 0.29) is 12.1 Å². The summed E-state index contributed by atoms with van der Waals surface area (Å²) in [4.78, 5) is 34.4. The first-order chi connectivity index (χ1) is 13.8. The van der Waals surface area contributed by atoms with Crippen molar-refractivity contribution in [2.75, 3.05) is 5.32 Å². The Kier molecular flexibility index (Phi) is 5.82. The predicted molar refractivity (Wildman–Crippen MR) is 105 cm³/mol. The average molecular weight is 396 g/mol. The lowest BCUT2D eigenvalue weighted by Crippen LogP contribution is -2.30. The van der Waals surface area contributed by atoms with E-state index in [0.29, 0.717) is 0 Å². The molecule has 7 nitrogen and oxygen atoms in total. The van der Waals surface area contributed by atoms with Crippen molar-refractivity contribution in [3.63, 3.8) is 0 Å². The lowest BCUT2D eigenvalue weighted by molar-refractivity contribution is -0.387. The smallest absolute Gasteiger partial charge is 0.311 e. The lowest BCUT2D eigenvalue weighted by Gasteiger charge is -2.14. The highest BCUT2D eigenvalue weighted by atomic mass is 19.1. The molecule has 8 heteroatoms. The largest absolute Gasteiger partial charge is 0.452 e. The number of nitro groups is 1. The summed E-state index contributed by atoms with van der Waals surface area (Å²) in [6.45, 7) is 1.38. The Morgan fingerprint density at radius 1 is 1.14 bits per heavy atom. The monoisotopic (exact) mass is 396 g/mol. The second-order valence-electron chi connectivity index (χ2n) is 6.36. The Balaban J connectivity index is 1.64. The number of nitro benzene ring substituents is 1. The molecule has 1 N–H and O–H groups in total. The van der Waals surface area contributed by atoms with Crippen LogP contribution in [0.2, 0.25) is 0 Å². The van der Waals surface area contributed by atoms with Crippen LogP contribution in [0.1, 0.15) is 12.5 Å². The van der Waals surface area contributed by atoms with Crippen molar-refractivity contribution < 1.29 is 23.6 Å². The van der Waals surface area contributed by atoms with E-state index >= 15 is 0 Å². The molecule has 0 aliphatic rings. The highest BCUT2D eigenvalue weighted by Gasteiger charge is 2.21. The van der Waals surface area contributed by atoms with Crippen molar-refractivity contribution in [1.82, 2.24) is 0 Å². The number of fused-ring (bicyclic) bond motifs is 1. The molecule has 0 fully saturated rings. The zero-order chi connectivity index (χ0) is 21.0. The van der Waals surface area contributed by atoms with Gasteiger partial charge in [-0.25, -0.2) is 0 Å². The summed E-state index contributed by atoms with van der Waals surface area (Å²) in [6, 6.07) is 16.1. The van der Waals surface area contributed by atoms with Crippen molar-refractivity contribution in [2.24, 2.45) is 0 Å². The highest BCUT2D eigenvalue weighted by molar-refractivity contribution is 5.96. The molecule has 0 saturated carbocycles. The molecule has 0 aromatic heterocycles. The Hall–Kier alpha value is -3.81. The third-order valence-corrected chi connectivity index (χ3v) is 4.30. The number of ether oxygens (including phenoxy) is 1. The second-order valence-corrected chi connectivity index (χ2v) is 6.36. The minimum absolute atomic E-state index is 0.0129. The van der Waals surface area contributed by atoms with Crippen LogP contribution in [0.4, 0.5) is 15.8 Å². The maximum atomic E-state index is 13.4. The number of hydrogen-bond acceptors (Lipinski definition) is 5. The van der Waals surface area contributed by atoms with Gasteiger partial charge in [0.2, 0.25) is 5.82 Å². The van der Waals surface area contributed by atoms with E-state index in [1.54, 1.807) is 0 Å². The maximum absolute atomic E-state index is 13.4. The minimum atomic E-state index is -1.14. The van der Waals surface area contributed by atoms with Gasteiger partial charge >= 0.3 is 11.7 Å². The fraction of sp³-hybridized carbons (Fsp3) is 0.143. The van der Waals surface area contributed by atoms with Gasteiger partial charge in [-0.15, -0.1) is 0 Å². The SMILES string of the molecule is C[C@H](OC(=O)Cc1cccc2ccccc12)C(=O)Nc1ccc(F)c([N+](=O)[O-])c1. The summed E-state index contributed by atoms with van der Waals surface area (Å²) in [5, 5.41) is 15.1. The third kappa shape index (κ3) is 4.73. The fourth-order valence-electron chi connectivity index (χ4n) is 2.87. The molecule has 0 bridgehead atoms. The van der Waals surface area contributed by atoms with Gasteiger partial charge in [0, 0.05) is 11.8 Å². The van der Waals surface area contributed by atoms with Crippen LogP contribution in [0.5, 0.6) is 0 Å². The number of carbonyl (C=O) groups is 2. The van der Waals surface area contributed by atoms with Gasteiger partial charge in [0.15, 0.2) is 6.10 Å². The molecule has 3 rings (SSSR count). The van der Waals surface area contributed by atoms with E-state index in [9.17, 15) is 24.1 Å². The van der Waals surface area contributed by atoms with Crippen molar-refractivity contribution in [1.29, 1.82) is 0 Å². The van der Waals surface area contributed by atoms with Gasteiger partial charge in [-0.05, 0) is 35.4 Å². The van der Waals surface area contributed by atoms with Crippen molar-refractivity contribution >= 4 is 34.0 Å². The molecule has 0 heterocycles. The van der Waals surface area contributed by atoms with Gasteiger partial charge in [0.25, 0.3) is 5.91 Å². The minimum Gasteiger partial charge on any atom is -0.452 e. The lowest BCUT2D eigenvalue weighted by atomic mass is 10.0. The van der Waals surface area contributed by atoms with E-state index in [1.807, 2.05) is 42.5 Å². The van der Waals surface area contributed by atoms with Crippen LogP contribution in [0.3, 0.4) is 0 Å². The molecule has 148 valence electrons. The van der Waals surface area contributed by atoms with Crippen molar-refractivity contribution in [2.45, 2.75) is 19.4 Å². The summed E-state index contributed by atoms with van der Waals surface area (Å²) in [7, 11) is 0. The van der Waals surface area contributed by atoms with Crippen LogP contribution in [-0.2, 0) is 20.7 Å². The number of nitrogens with one attached hydrogen (secondary N) is 1. The molecule has 0 spiro atoms. The number of anilines is 1. The molecule has 0 aliphatic carbocycles. The topological polar surface area (TPSA) is 98.5 Å². The Morgan fingerprint density at radius 3 is 2.62 bits per heavy atom. The Bertz CT molecular complexity index is 1090. The molecule has 3 aromatic rings. The van der Waals surface area contributed by atoms with Crippen molar-refractivity contribution in [3.05, 3.63) is 82.2 Å². The van der Waals surface area contributed by atoms with Crippen LogP contribution < -0.4 is 5.32 Å². The first-order valence-corrected chi connectivity index (χ1v) is 8.76. The number of hydrogen-bond donors (Lipinski definition) is 1. The molecule has 0 radical (unpaired) electrons. The van der Waals surface area contributed by atoms with Crippen LogP contribution in [0.25, 0.3) is 10.8 Å². The summed E-state index contributed by atoms with van der Waals surface area (Å²) in [6.07, 6.45) is -1.15. The van der Waals surface area contributed by atoms with E-state index < -0.39 is 34.4 Å². The second kappa shape index (κ2) is 8.47. The van der Waals surface area contributed by atoms with Gasteiger partial charge in [0.05, 0.1) is 11.3 Å². The summed E-state index contributed by atoms with van der Waals surface area (Å²) < 4.78 is 18.6. The third-order valence-electron chi connectivity index (χ3n) is 4.30. The first kappa shape index (κ1) is 19.9. The molecule has 3 aromatic carbocycles. The molecular formula is C21H17FN2O5.